The van der Waals surface area contributed by atoms with Gasteiger partial charge in [-0.1, -0.05) is 152 Å². The van der Waals surface area contributed by atoms with E-state index in [1.807, 2.05) is 0 Å². The molecule has 0 atom stereocenters. The van der Waals surface area contributed by atoms with Gasteiger partial charge in [-0.25, -0.2) is 0 Å². The highest BCUT2D eigenvalue weighted by Gasteiger charge is 2.29. The minimum absolute atomic E-state index is 0.235. The maximum atomic E-state index is 6.39. The zero-order chi connectivity index (χ0) is 32.8. The van der Waals surface area contributed by atoms with Crippen LogP contribution in [-0.2, 0) is 0 Å². The lowest BCUT2D eigenvalue weighted by atomic mass is 9.84. The third-order valence-corrected chi connectivity index (χ3v) is 10.9. The van der Waals surface area contributed by atoms with Crippen LogP contribution in [0.2, 0.25) is 0 Å². The molecule has 1 aromatic heterocycles. The lowest BCUT2D eigenvalue weighted by Gasteiger charge is -2.19. The fourth-order valence-corrected chi connectivity index (χ4v) is 8.73. The number of furan rings is 1. The first-order valence-corrected chi connectivity index (χ1v) is 17.4. The van der Waals surface area contributed by atoms with Gasteiger partial charge in [-0.05, 0) is 107 Å². The molecule has 1 nitrogen and oxygen atoms in total. The molecule has 10 aromatic rings. The molecule has 0 radical (unpaired) electrons. The van der Waals surface area contributed by atoms with Crippen molar-refractivity contribution in [2.75, 3.05) is 0 Å². The van der Waals surface area contributed by atoms with Crippen LogP contribution in [0.5, 0.6) is 0 Å². The Morgan fingerprint density at radius 2 is 0.820 bits per heavy atom. The smallest absolute Gasteiger partial charge is 0.136 e. The standard InChI is InChI=1S/C49H30O/c1-2-12-33-29-46-44(27-32(33)11-1)43-28-34(25-26-45(43)50-46)49-41-19-9-7-17-39(41)48(40-18-8-10-20-42(40)49)31-23-21-30(22-24-31)47-37-15-5-3-13-35(37)36-14-4-6-16-38(36)47/h1-29,47H. The molecule has 1 heterocycles. The number of fused-ring (bicyclic) bond motifs is 9. The van der Waals surface area contributed by atoms with E-state index in [-0.39, 0.29) is 5.92 Å². The van der Waals surface area contributed by atoms with E-state index in [0.717, 1.165) is 21.9 Å². The Morgan fingerprint density at radius 3 is 1.44 bits per heavy atom. The summed E-state index contributed by atoms with van der Waals surface area (Å²) >= 11 is 0. The van der Waals surface area contributed by atoms with E-state index in [0.29, 0.717) is 0 Å². The van der Waals surface area contributed by atoms with Crippen LogP contribution in [0.15, 0.2) is 180 Å². The number of rotatable bonds is 3. The molecular weight excluding hydrogens is 605 g/mol. The van der Waals surface area contributed by atoms with Gasteiger partial charge in [-0.15, -0.1) is 0 Å². The molecule has 50 heavy (non-hydrogen) atoms. The minimum atomic E-state index is 0.235. The van der Waals surface area contributed by atoms with Gasteiger partial charge in [0.05, 0.1) is 0 Å². The molecule has 0 aliphatic heterocycles. The third-order valence-electron chi connectivity index (χ3n) is 10.9. The van der Waals surface area contributed by atoms with Crippen LogP contribution < -0.4 is 0 Å². The molecule has 11 rings (SSSR count). The van der Waals surface area contributed by atoms with E-state index in [9.17, 15) is 0 Å². The van der Waals surface area contributed by atoms with Gasteiger partial charge in [0.1, 0.15) is 11.2 Å². The Kier molecular flexibility index (Phi) is 5.79. The molecule has 0 saturated carbocycles. The molecule has 1 aliphatic carbocycles. The van der Waals surface area contributed by atoms with E-state index in [1.165, 1.54) is 82.4 Å². The lowest BCUT2D eigenvalue weighted by molar-refractivity contribution is 0.669. The molecule has 1 heteroatoms. The van der Waals surface area contributed by atoms with Gasteiger partial charge in [0.15, 0.2) is 0 Å². The minimum Gasteiger partial charge on any atom is -0.456 e. The van der Waals surface area contributed by atoms with E-state index in [4.69, 9.17) is 4.42 Å². The Labute approximate surface area is 289 Å². The van der Waals surface area contributed by atoms with Gasteiger partial charge in [-0.2, -0.15) is 0 Å². The van der Waals surface area contributed by atoms with Crippen LogP contribution in [0.4, 0.5) is 0 Å². The quantitative estimate of drug-likeness (QED) is 0.176. The lowest BCUT2D eigenvalue weighted by Crippen LogP contribution is -1.99. The summed E-state index contributed by atoms with van der Waals surface area (Å²) in [6, 6.07) is 64.6. The van der Waals surface area contributed by atoms with Crippen LogP contribution in [0, 0.1) is 0 Å². The van der Waals surface area contributed by atoms with Crippen LogP contribution in [0.3, 0.4) is 0 Å². The molecule has 0 saturated heterocycles. The molecule has 0 amide bonds. The zero-order valence-corrected chi connectivity index (χ0v) is 27.2. The molecule has 0 spiro atoms. The van der Waals surface area contributed by atoms with Crippen molar-refractivity contribution in [3.63, 3.8) is 0 Å². The van der Waals surface area contributed by atoms with Crippen molar-refractivity contribution in [2.24, 2.45) is 0 Å². The maximum Gasteiger partial charge on any atom is 0.136 e. The van der Waals surface area contributed by atoms with Crippen molar-refractivity contribution < 1.29 is 4.42 Å². The molecule has 232 valence electrons. The largest absolute Gasteiger partial charge is 0.456 e. The molecule has 0 bridgehead atoms. The summed E-state index contributed by atoms with van der Waals surface area (Å²) < 4.78 is 6.39. The topological polar surface area (TPSA) is 13.1 Å². The van der Waals surface area contributed by atoms with Gasteiger partial charge in [-0.3, -0.25) is 0 Å². The second kappa shape index (κ2) is 10.5. The van der Waals surface area contributed by atoms with Crippen LogP contribution in [0.25, 0.3) is 87.6 Å². The second-order valence-electron chi connectivity index (χ2n) is 13.6. The van der Waals surface area contributed by atoms with Crippen molar-refractivity contribution in [2.45, 2.75) is 5.92 Å². The normalized spacial score (nSPS) is 12.7. The third kappa shape index (κ3) is 3.95. The Balaban J connectivity index is 1.10. The SMILES string of the molecule is c1ccc2c(c1)-c1ccccc1C2c1ccc(-c2c3ccccc3c(-c3ccc4oc5cc6ccccc6cc5c4c3)c3ccccc23)cc1. The number of benzene rings is 9. The monoisotopic (exact) mass is 634 g/mol. The van der Waals surface area contributed by atoms with Crippen LogP contribution in [0.1, 0.15) is 22.6 Å². The Hall–Kier alpha value is -6.44. The van der Waals surface area contributed by atoms with Gasteiger partial charge < -0.3 is 4.42 Å². The average molecular weight is 635 g/mol. The van der Waals surface area contributed by atoms with E-state index < -0.39 is 0 Å². The summed E-state index contributed by atoms with van der Waals surface area (Å²) in [7, 11) is 0. The van der Waals surface area contributed by atoms with Crippen molar-refractivity contribution in [3.05, 3.63) is 193 Å². The first kappa shape index (κ1) is 27.5. The molecule has 0 unspecified atom stereocenters. The van der Waals surface area contributed by atoms with Gasteiger partial charge in [0.2, 0.25) is 0 Å². The Bertz CT molecular complexity index is 2880. The molecule has 0 N–H and O–H groups in total. The summed E-state index contributed by atoms with van der Waals surface area (Å²) in [5, 5.41) is 9.73. The second-order valence-corrected chi connectivity index (χ2v) is 13.6. The van der Waals surface area contributed by atoms with Gasteiger partial charge >= 0.3 is 0 Å². The summed E-state index contributed by atoms with van der Waals surface area (Å²) in [5.41, 5.74) is 13.6. The predicted octanol–water partition coefficient (Wildman–Crippen LogP) is 13.5. The highest BCUT2D eigenvalue weighted by Crippen LogP contribution is 2.49. The molecule has 1 aliphatic rings. The molecule has 0 fully saturated rings. The van der Waals surface area contributed by atoms with E-state index >= 15 is 0 Å². The zero-order valence-electron chi connectivity index (χ0n) is 27.2. The van der Waals surface area contributed by atoms with Crippen molar-refractivity contribution in [1.29, 1.82) is 0 Å². The highest BCUT2D eigenvalue weighted by molar-refractivity contribution is 6.22. The predicted molar refractivity (Wildman–Crippen MR) is 210 cm³/mol. The molecular formula is C49H30O. The van der Waals surface area contributed by atoms with Gasteiger partial charge in [0, 0.05) is 16.7 Å². The number of hydrogen-bond acceptors (Lipinski definition) is 1. The molecule has 9 aromatic carbocycles. The fraction of sp³-hybridized carbons (Fsp3) is 0.0204. The van der Waals surface area contributed by atoms with Crippen molar-refractivity contribution in [3.8, 4) is 33.4 Å². The summed E-state index contributed by atoms with van der Waals surface area (Å²) in [6.45, 7) is 0. The van der Waals surface area contributed by atoms with Crippen LogP contribution in [-0.4, -0.2) is 0 Å². The highest BCUT2D eigenvalue weighted by atomic mass is 16.3. The van der Waals surface area contributed by atoms with E-state index in [1.54, 1.807) is 0 Å². The van der Waals surface area contributed by atoms with E-state index in [2.05, 4.69) is 176 Å². The summed E-state index contributed by atoms with van der Waals surface area (Å²) in [6.07, 6.45) is 0. The first-order valence-electron chi connectivity index (χ1n) is 17.4. The number of hydrogen-bond donors (Lipinski definition) is 0. The summed E-state index contributed by atoms with van der Waals surface area (Å²) in [4.78, 5) is 0. The van der Waals surface area contributed by atoms with Crippen molar-refractivity contribution >= 4 is 54.3 Å². The summed E-state index contributed by atoms with van der Waals surface area (Å²) in [5.74, 6) is 0.235. The maximum absolute atomic E-state index is 6.39. The first-order chi connectivity index (χ1) is 24.8. The Morgan fingerprint density at radius 1 is 0.340 bits per heavy atom. The van der Waals surface area contributed by atoms with Crippen LogP contribution >= 0.6 is 0 Å². The van der Waals surface area contributed by atoms with Gasteiger partial charge in [0.25, 0.3) is 0 Å². The fourth-order valence-electron chi connectivity index (χ4n) is 8.73. The average Bonchev–Trinajstić information content (AvgIpc) is 3.71. The van der Waals surface area contributed by atoms with Crippen molar-refractivity contribution in [1.82, 2.24) is 0 Å².